The molecule has 2 saturated carbocycles. The molecule has 0 bridgehead atoms. The van der Waals surface area contributed by atoms with Gasteiger partial charge in [0.05, 0.1) is 0 Å². The Balaban J connectivity index is 1.53. The summed E-state index contributed by atoms with van der Waals surface area (Å²) in [7, 11) is 0. The molecule has 1 atom stereocenters. The van der Waals surface area contributed by atoms with Gasteiger partial charge in [0.25, 0.3) is 0 Å². The molecule has 2 aliphatic rings. The van der Waals surface area contributed by atoms with E-state index in [4.69, 9.17) is 0 Å². The van der Waals surface area contributed by atoms with Crippen molar-refractivity contribution < 1.29 is 0 Å². The quantitative estimate of drug-likeness (QED) is 0.832. The molecule has 20 heavy (non-hydrogen) atoms. The van der Waals surface area contributed by atoms with Crippen LogP contribution in [0.1, 0.15) is 69.4 Å². The fraction of sp³-hybridized carbons (Fsp3) is 0.684. The first-order valence-corrected chi connectivity index (χ1v) is 8.37. The molecule has 110 valence electrons. The molecule has 0 saturated heterocycles. The third kappa shape index (κ3) is 2.93. The molecule has 1 unspecified atom stereocenters. The highest BCUT2D eigenvalue weighted by atomic mass is 15.0. The van der Waals surface area contributed by atoms with E-state index < -0.39 is 0 Å². The second-order valence-electron chi connectivity index (χ2n) is 7.73. The first kappa shape index (κ1) is 14.1. The number of nitrogens with one attached hydrogen (secondary N) is 1. The summed E-state index contributed by atoms with van der Waals surface area (Å²) in [6, 6.07) is 10.6. The summed E-state index contributed by atoms with van der Waals surface area (Å²) in [4.78, 5) is 0. The van der Waals surface area contributed by atoms with Crippen LogP contribution >= 0.6 is 0 Å². The molecule has 1 heteroatoms. The summed E-state index contributed by atoms with van der Waals surface area (Å²) in [6.07, 6.45) is 8.25. The fourth-order valence-corrected chi connectivity index (χ4v) is 4.04. The van der Waals surface area contributed by atoms with Gasteiger partial charge in [-0.3, -0.25) is 0 Å². The Morgan fingerprint density at radius 1 is 1.15 bits per heavy atom. The predicted octanol–water partition coefficient (Wildman–Crippen LogP) is 4.80. The fourth-order valence-electron chi connectivity index (χ4n) is 4.04. The second-order valence-corrected chi connectivity index (χ2v) is 7.73. The van der Waals surface area contributed by atoms with Crippen molar-refractivity contribution in [2.75, 3.05) is 0 Å². The zero-order valence-electron chi connectivity index (χ0n) is 13.3. The van der Waals surface area contributed by atoms with Crippen LogP contribution in [-0.2, 0) is 0 Å². The molecule has 2 aliphatic carbocycles. The summed E-state index contributed by atoms with van der Waals surface area (Å²) >= 11 is 0. The maximum absolute atomic E-state index is 3.96. The monoisotopic (exact) mass is 271 g/mol. The Bertz CT molecular complexity index is 457. The van der Waals surface area contributed by atoms with E-state index in [9.17, 15) is 0 Å². The van der Waals surface area contributed by atoms with Gasteiger partial charge in [0, 0.05) is 12.1 Å². The first-order valence-electron chi connectivity index (χ1n) is 8.37. The van der Waals surface area contributed by atoms with Crippen molar-refractivity contribution in [3.8, 4) is 0 Å². The summed E-state index contributed by atoms with van der Waals surface area (Å²) in [5.41, 5.74) is 3.44. The molecule has 0 spiro atoms. The highest BCUT2D eigenvalue weighted by Gasteiger charge is 2.37. The molecular weight excluding hydrogens is 242 g/mol. The van der Waals surface area contributed by atoms with Gasteiger partial charge in [-0.15, -0.1) is 0 Å². The highest BCUT2D eigenvalue weighted by molar-refractivity contribution is 5.27. The third-order valence-electron chi connectivity index (χ3n) is 5.60. The van der Waals surface area contributed by atoms with Crippen molar-refractivity contribution in [3.63, 3.8) is 0 Å². The van der Waals surface area contributed by atoms with Gasteiger partial charge in [-0.1, -0.05) is 56.5 Å². The molecule has 2 fully saturated rings. The summed E-state index contributed by atoms with van der Waals surface area (Å²) in [5.74, 6) is 0.791. The SMILES string of the molecule is Cc1cccc(C2CC(NC3CCCCC3(C)C)C2)c1. The molecule has 3 rings (SSSR count). The van der Waals surface area contributed by atoms with E-state index in [1.54, 1.807) is 5.56 Å². The Hall–Kier alpha value is -0.820. The lowest BCUT2D eigenvalue weighted by atomic mass is 9.70. The molecule has 0 amide bonds. The number of benzene rings is 1. The van der Waals surface area contributed by atoms with E-state index in [1.165, 1.54) is 44.1 Å². The Labute approximate surface area is 124 Å². The van der Waals surface area contributed by atoms with Gasteiger partial charge in [0.15, 0.2) is 0 Å². The maximum atomic E-state index is 3.96. The summed E-state index contributed by atoms with van der Waals surface area (Å²) in [5, 5.41) is 3.96. The Morgan fingerprint density at radius 3 is 2.65 bits per heavy atom. The first-order chi connectivity index (χ1) is 9.54. The van der Waals surface area contributed by atoms with Crippen LogP contribution in [0.2, 0.25) is 0 Å². The van der Waals surface area contributed by atoms with Crippen LogP contribution in [0, 0.1) is 12.3 Å². The van der Waals surface area contributed by atoms with Crippen molar-refractivity contribution in [2.45, 2.75) is 77.3 Å². The average Bonchev–Trinajstić information content (AvgIpc) is 2.34. The van der Waals surface area contributed by atoms with Crippen LogP contribution in [0.3, 0.4) is 0 Å². The topological polar surface area (TPSA) is 12.0 Å². The van der Waals surface area contributed by atoms with Crippen LogP contribution in [-0.4, -0.2) is 12.1 Å². The number of rotatable bonds is 3. The van der Waals surface area contributed by atoms with Gasteiger partial charge < -0.3 is 5.32 Å². The van der Waals surface area contributed by atoms with Gasteiger partial charge in [0.2, 0.25) is 0 Å². The van der Waals surface area contributed by atoms with Crippen LogP contribution in [0.15, 0.2) is 24.3 Å². The molecule has 1 nitrogen and oxygen atoms in total. The van der Waals surface area contributed by atoms with Gasteiger partial charge in [0.1, 0.15) is 0 Å². The van der Waals surface area contributed by atoms with Crippen molar-refractivity contribution in [2.24, 2.45) is 5.41 Å². The lowest BCUT2D eigenvalue weighted by Crippen LogP contribution is -2.52. The lowest BCUT2D eigenvalue weighted by molar-refractivity contribution is 0.130. The second kappa shape index (κ2) is 5.52. The Kier molecular flexibility index (Phi) is 3.90. The van der Waals surface area contributed by atoms with Gasteiger partial charge >= 0.3 is 0 Å². The zero-order valence-corrected chi connectivity index (χ0v) is 13.3. The summed E-state index contributed by atoms with van der Waals surface area (Å²) < 4.78 is 0. The van der Waals surface area contributed by atoms with Crippen molar-refractivity contribution >= 4 is 0 Å². The van der Waals surface area contributed by atoms with E-state index in [0.717, 1.165) is 18.0 Å². The largest absolute Gasteiger partial charge is 0.311 e. The van der Waals surface area contributed by atoms with E-state index in [-0.39, 0.29) is 0 Å². The van der Waals surface area contributed by atoms with E-state index >= 15 is 0 Å². The van der Waals surface area contributed by atoms with Crippen molar-refractivity contribution in [1.82, 2.24) is 5.32 Å². The molecule has 1 N–H and O–H groups in total. The lowest BCUT2D eigenvalue weighted by Gasteiger charge is -2.45. The van der Waals surface area contributed by atoms with Crippen LogP contribution < -0.4 is 5.32 Å². The van der Waals surface area contributed by atoms with Gasteiger partial charge in [-0.25, -0.2) is 0 Å². The Morgan fingerprint density at radius 2 is 1.95 bits per heavy atom. The van der Waals surface area contributed by atoms with Gasteiger partial charge in [-0.2, -0.15) is 0 Å². The minimum absolute atomic E-state index is 0.493. The average molecular weight is 271 g/mol. The van der Waals surface area contributed by atoms with Crippen molar-refractivity contribution in [3.05, 3.63) is 35.4 Å². The highest BCUT2D eigenvalue weighted by Crippen LogP contribution is 2.41. The number of aryl methyl sites for hydroxylation is 1. The molecule has 0 heterocycles. The molecule has 0 radical (unpaired) electrons. The molecule has 1 aromatic rings. The van der Waals surface area contributed by atoms with E-state index in [1.807, 2.05) is 0 Å². The van der Waals surface area contributed by atoms with Crippen LogP contribution in [0.4, 0.5) is 0 Å². The third-order valence-corrected chi connectivity index (χ3v) is 5.60. The molecular formula is C19H29N. The number of hydrogen-bond donors (Lipinski definition) is 1. The summed E-state index contributed by atoms with van der Waals surface area (Å²) in [6.45, 7) is 7.09. The number of hydrogen-bond acceptors (Lipinski definition) is 1. The van der Waals surface area contributed by atoms with E-state index in [2.05, 4.69) is 50.4 Å². The minimum Gasteiger partial charge on any atom is -0.311 e. The smallest absolute Gasteiger partial charge is 0.0121 e. The zero-order chi connectivity index (χ0) is 14.2. The van der Waals surface area contributed by atoms with Crippen LogP contribution in [0.5, 0.6) is 0 Å². The molecule has 0 aliphatic heterocycles. The predicted molar refractivity (Wildman–Crippen MR) is 86.1 cm³/mol. The standard InChI is InChI=1S/C19H29N/c1-14-7-6-8-15(11-14)16-12-17(13-16)20-18-9-4-5-10-19(18,2)3/h6-8,11,16-18,20H,4-5,9-10,12-13H2,1-3H3. The molecule has 0 aromatic heterocycles. The van der Waals surface area contributed by atoms with Gasteiger partial charge in [-0.05, 0) is 49.5 Å². The minimum atomic E-state index is 0.493. The van der Waals surface area contributed by atoms with Crippen LogP contribution in [0.25, 0.3) is 0 Å². The normalized spacial score (nSPS) is 32.6. The van der Waals surface area contributed by atoms with E-state index in [0.29, 0.717) is 5.41 Å². The molecule has 1 aromatic carbocycles. The maximum Gasteiger partial charge on any atom is 0.0121 e. The van der Waals surface area contributed by atoms with Crippen molar-refractivity contribution in [1.29, 1.82) is 0 Å².